The van der Waals surface area contributed by atoms with Gasteiger partial charge in [0.2, 0.25) is 0 Å². The molecule has 3 fully saturated rings. The Labute approximate surface area is 135 Å². The summed E-state index contributed by atoms with van der Waals surface area (Å²) in [6.45, 7) is 3.33. The third-order valence-electron chi connectivity index (χ3n) is 4.63. The lowest BCUT2D eigenvalue weighted by molar-refractivity contribution is -0.152. The van der Waals surface area contributed by atoms with E-state index in [2.05, 4.69) is 5.32 Å². The number of alkyl carbamates (subject to hydrolysis) is 1. The average molecular weight is 325 g/mol. The van der Waals surface area contributed by atoms with Crippen LogP contribution in [0.1, 0.15) is 25.7 Å². The smallest absolute Gasteiger partial charge is 0.407 e. The van der Waals surface area contributed by atoms with Crippen molar-refractivity contribution in [2.24, 2.45) is 5.92 Å². The quantitative estimate of drug-likeness (QED) is 0.766. The van der Waals surface area contributed by atoms with Gasteiger partial charge in [0.15, 0.2) is 6.10 Å². The summed E-state index contributed by atoms with van der Waals surface area (Å²) in [6, 6.07) is 0.0956. The summed E-state index contributed by atoms with van der Waals surface area (Å²) in [5, 5.41) is 2.52. The van der Waals surface area contributed by atoms with Gasteiger partial charge < -0.3 is 24.6 Å². The SMILES string of the molecule is O=C1NC[C@H](COC(=O)C2CCN(C(=O)N3CCCC3)CC2)O1. The Morgan fingerprint density at radius 2 is 1.78 bits per heavy atom. The average Bonchev–Trinajstić information content (AvgIpc) is 3.24. The van der Waals surface area contributed by atoms with E-state index in [4.69, 9.17) is 9.47 Å². The Morgan fingerprint density at radius 3 is 2.39 bits per heavy atom. The molecule has 0 bridgehead atoms. The first-order valence-electron chi connectivity index (χ1n) is 8.28. The molecular weight excluding hydrogens is 302 g/mol. The van der Waals surface area contributed by atoms with Crippen LogP contribution in [-0.2, 0) is 14.3 Å². The molecule has 8 heteroatoms. The van der Waals surface area contributed by atoms with Crippen molar-refractivity contribution in [1.29, 1.82) is 0 Å². The lowest BCUT2D eigenvalue weighted by atomic mass is 9.97. The van der Waals surface area contributed by atoms with E-state index in [1.165, 1.54) is 0 Å². The molecule has 3 aliphatic heterocycles. The molecule has 0 aromatic heterocycles. The number of carbonyl (C=O) groups excluding carboxylic acids is 3. The number of hydrogen-bond donors (Lipinski definition) is 1. The number of hydrogen-bond acceptors (Lipinski definition) is 5. The molecule has 8 nitrogen and oxygen atoms in total. The number of piperidine rings is 1. The molecule has 3 rings (SSSR count). The molecule has 0 aromatic rings. The minimum atomic E-state index is -0.472. The minimum absolute atomic E-state index is 0.0878. The van der Waals surface area contributed by atoms with Gasteiger partial charge in [0, 0.05) is 26.2 Å². The van der Waals surface area contributed by atoms with Crippen LogP contribution in [0.3, 0.4) is 0 Å². The summed E-state index contributed by atoms with van der Waals surface area (Å²) in [7, 11) is 0. The van der Waals surface area contributed by atoms with Crippen LogP contribution in [0, 0.1) is 5.92 Å². The summed E-state index contributed by atoms with van der Waals surface area (Å²) in [4.78, 5) is 39.0. The molecule has 23 heavy (non-hydrogen) atoms. The fourth-order valence-corrected chi connectivity index (χ4v) is 3.23. The van der Waals surface area contributed by atoms with Crippen molar-refractivity contribution in [2.75, 3.05) is 39.3 Å². The number of nitrogens with zero attached hydrogens (tertiary/aromatic N) is 2. The molecule has 3 saturated heterocycles. The topological polar surface area (TPSA) is 88.2 Å². The Balaban J connectivity index is 1.38. The summed E-state index contributed by atoms with van der Waals surface area (Å²) in [5.74, 6) is -0.441. The molecule has 128 valence electrons. The molecule has 0 radical (unpaired) electrons. The van der Waals surface area contributed by atoms with Gasteiger partial charge in [-0.05, 0) is 25.7 Å². The largest absolute Gasteiger partial charge is 0.461 e. The van der Waals surface area contributed by atoms with Crippen LogP contribution in [0.25, 0.3) is 0 Å². The maximum Gasteiger partial charge on any atom is 0.407 e. The van der Waals surface area contributed by atoms with E-state index >= 15 is 0 Å². The van der Waals surface area contributed by atoms with Crippen molar-refractivity contribution in [3.63, 3.8) is 0 Å². The zero-order valence-electron chi connectivity index (χ0n) is 13.2. The highest BCUT2D eigenvalue weighted by Crippen LogP contribution is 2.21. The van der Waals surface area contributed by atoms with Crippen LogP contribution in [0.5, 0.6) is 0 Å². The van der Waals surface area contributed by atoms with Crippen molar-refractivity contribution < 1.29 is 23.9 Å². The number of ether oxygens (including phenoxy) is 2. The Kier molecular flexibility index (Phi) is 4.88. The first kappa shape index (κ1) is 15.9. The monoisotopic (exact) mass is 325 g/mol. The molecule has 3 aliphatic rings. The number of cyclic esters (lactones) is 1. The van der Waals surface area contributed by atoms with Crippen LogP contribution in [0.4, 0.5) is 9.59 Å². The van der Waals surface area contributed by atoms with Crippen molar-refractivity contribution in [1.82, 2.24) is 15.1 Å². The highest BCUT2D eigenvalue weighted by atomic mass is 16.6. The maximum atomic E-state index is 12.3. The van der Waals surface area contributed by atoms with Crippen LogP contribution >= 0.6 is 0 Å². The van der Waals surface area contributed by atoms with Gasteiger partial charge in [0.25, 0.3) is 0 Å². The number of rotatable bonds is 3. The van der Waals surface area contributed by atoms with E-state index < -0.39 is 12.2 Å². The van der Waals surface area contributed by atoms with Gasteiger partial charge in [-0.2, -0.15) is 0 Å². The normalized spacial score (nSPS) is 25.2. The standard InChI is InChI=1S/C15H23N3O5/c19-13(22-10-12-9-16-14(20)23-12)11-3-7-18(8-4-11)15(21)17-5-1-2-6-17/h11-12H,1-10H2,(H,16,20)/t12-/m1/s1. The van der Waals surface area contributed by atoms with Crippen molar-refractivity contribution >= 4 is 18.1 Å². The molecule has 1 atom stereocenters. The lowest BCUT2D eigenvalue weighted by Gasteiger charge is -2.33. The van der Waals surface area contributed by atoms with Crippen LogP contribution in [0.2, 0.25) is 0 Å². The molecule has 3 heterocycles. The predicted octanol–water partition coefficient (Wildman–Crippen LogP) is 0.566. The molecule has 0 spiro atoms. The number of carbonyl (C=O) groups is 3. The van der Waals surface area contributed by atoms with Gasteiger partial charge in [-0.1, -0.05) is 0 Å². The minimum Gasteiger partial charge on any atom is -0.461 e. The van der Waals surface area contributed by atoms with Gasteiger partial charge in [-0.3, -0.25) is 4.79 Å². The number of urea groups is 1. The van der Waals surface area contributed by atoms with Crippen LogP contribution in [0.15, 0.2) is 0 Å². The molecule has 0 saturated carbocycles. The first-order chi connectivity index (χ1) is 11.1. The van der Waals surface area contributed by atoms with Crippen molar-refractivity contribution in [3.05, 3.63) is 0 Å². The Bertz CT molecular complexity index is 470. The second-order valence-electron chi connectivity index (χ2n) is 6.28. The maximum absolute atomic E-state index is 12.3. The molecule has 0 aromatic carbocycles. The van der Waals surface area contributed by atoms with Gasteiger partial charge in [0.1, 0.15) is 6.61 Å². The zero-order valence-corrected chi connectivity index (χ0v) is 13.2. The number of nitrogens with one attached hydrogen (secondary N) is 1. The van der Waals surface area contributed by atoms with E-state index in [0.29, 0.717) is 32.5 Å². The first-order valence-corrected chi connectivity index (χ1v) is 8.28. The summed E-state index contributed by atoms with van der Waals surface area (Å²) in [5.41, 5.74) is 0. The summed E-state index contributed by atoms with van der Waals surface area (Å²) in [6.07, 6.45) is 2.54. The van der Waals surface area contributed by atoms with Crippen LogP contribution < -0.4 is 5.32 Å². The zero-order chi connectivity index (χ0) is 16.2. The fourth-order valence-electron chi connectivity index (χ4n) is 3.23. The molecule has 3 amide bonds. The second kappa shape index (κ2) is 7.06. The summed E-state index contributed by atoms with van der Waals surface area (Å²) >= 11 is 0. The van der Waals surface area contributed by atoms with Gasteiger partial charge >= 0.3 is 18.1 Å². The van der Waals surface area contributed by atoms with E-state index in [1.807, 2.05) is 9.80 Å². The van der Waals surface area contributed by atoms with Gasteiger partial charge in [-0.15, -0.1) is 0 Å². The molecule has 0 aliphatic carbocycles. The number of esters is 1. The highest BCUT2D eigenvalue weighted by molar-refractivity contribution is 5.76. The number of amides is 3. The Morgan fingerprint density at radius 1 is 1.13 bits per heavy atom. The highest BCUT2D eigenvalue weighted by Gasteiger charge is 2.32. The van der Waals surface area contributed by atoms with E-state index in [9.17, 15) is 14.4 Å². The lowest BCUT2D eigenvalue weighted by Crippen LogP contribution is -2.46. The van der Waals surface area contributed by atoms with Gasteiger partial charge in [0.05, 0.1) is 12.5 Å². The molecule has 1 N–H and O–H groups in total. The van der Waals surface area contributed by atoms with Crippen molar-refractivity contribution in [2.45, 2.75) is 31.8 Å². The van der Waals surface area contributed by atoms with Crippen molar-refractivity contribution in [3.8, 4) is 0 Å². The third kappa shape index (κ3) is 3.86. The molecule has 0 unspecified atom stereocenters. The fraction of sp³-hybridized carbons (Fsp3) is 0.800. The predicted molar refractivity (Wildman–Crippen MR) is 79.7 cm³/mol. The summed E-state index contributed by atoms with van der Waals surface area (Å²) < 4.78 is 10.2. The second-order valence-corrected chi connectivity index (χ2v) is 6.28. The van der Waals surface area contributed by atoms with Gasteiger partial charge in [-0.25, -0.2) is 9.59 Å². The van der Waals surface area contributed by atoms with Crippen LogP contribution in [-0.4, -0.2) is 73.3 Å². The van der Waals surface area contributed by atoms with E-state index in [0.717, 1.165) is 25.9 Å². The number of likely N-dealkylation sites (tertiary alicyclic amines) is 2. The third-order valence-corrected chi connectivity index (χ3v) is 4.63. The van der Waals surface area contributed by atoms with E-state index in [1.54, 1.807) is 0 Å². The van der Waals surface area contributed by atoms with E-state index in [-0.39, 0.29) is 24.5 Å². The molecular formula is C15H23N3O5. The Hall–Kier alpha value is -1.99.